The second-order valence-corrected chi connectivity index (χ2v) is 7.85. The fourth-order valence-corrected chi connectivity index (χ4v) is 4.21. The Hall–Kier alpha value is -2.92. The molecule has 0 radical (unpaired) electrons. The number of rotatable bonds is 6. The number of pyridine rings is 1. The molecule has 0 saturated carbocycles. The van der Waals surface area contributed by atoms with E-state index in [1.165, 1.54) is 10.4 Å². The number of thiophene rings is 1. The van der Waals surface area contributed by atoms with Crippen molar-refractivity contribution in [3.05, 3.63) is 88.7 Å². The van der Waals surface area contributed by atoms with E-state index in [-0.39, 0.29) is 5.91 Å². The van der Waals surface area contributed by atoms with Crippen LogP contribution in [0.5, 0.6) is 0 Å². The van der Waals surface area contributed by atoms with Gasteiger partial charge in [0, 0.05) is 30.4 Å². The highest BCUT2D eigenvalue weighted by molar-refractivity contribution is 7.19. The lowest BCUT2D eigenvalue weighted by Crippen LogP contribution is -2.25. The summed E-state index contributed by atoms with van der Waals surface area (Å²) in [6, 6.07) is 18.4. The SMILES string of the molecule is Cc1cc2c(cc(C(=O)NCc3ccncc3)n2CCc2ccccc2)s1. The zero-order chi connectivity index (χ0) is 18.6. The van der Waals surface area contributed by atoms with Crippen LogP contribution in [0.25, 0.3) is 10.2 Å². The highest BCUT2D eigenvalue weighted by atomic mass is 32.1. The average Bonchev–Trinajstić information content (AvgIpc) is 3.22. The van der Waals surface area contributed by atoms with Crippen molar-refractivity contribution < 1.29 is 4.79 Å². The Morgan fingerprint density at radius 2 is 1.85 bits per heavy atom. The molecule has 4 nitrogen and oxygen atoms in total. The summed E-state index contributed by atoms with van der Waals surface area (Å²) in [4.78, 5) is 18.1. The van der Waals surface area contributed by atoms with Crippen LogP contribution in [-0.4, -0.2) is 15.5 Å². The van der Waals surface area contributed by atoms with Crippen molar-refractivity contribution in [2.45, 2.75) is 26.4 Å². The first-order chi connectivity index (χ1) is 13.2. The maximum Gasteiger partial charge on any atom is 0.268 e. The van der Waals surface area contributed by atoms with Gasteiger partial charge in [-0.3, -0.25) is 9.78 Å². The first-order valence-electron chi connectivity index (χ1n) is 9.01. The van der Waals surface area contributed by atoms with Crippen molar-refractivity contribution in [2.75, 3.05) is 0 Å². The number of aromatic nitrogens is 2. The van der Waals surface area contributed by atoms with E-state index in [1.54, 1.807) is 23.7 Å². The van der Waals surface area contributed by atoms with E-state index in [4.69, 9.17) is 0 Å². The molecule has 0 spiro atoms. The van der Waals surface area contributed by atoms with Gasteiger partial charge in [0.15, 0.2) is 0 Å². The predicted octanol–water partition coefficient (Wildman–Crippen LogP) is 4.58. The Morgan fingerprint density at radius 1 is 1.07 bits per heavy atom. The van der Waals surface area contributed by atoms with Crippen molar-refractivity contribution in [2.24, 2.45) is 0 Å². The van der Waals surface area contributed by atoms with Crippen LogP contribution in [-0.2, 0) is 19.5 Å². The summed E-state index contributed by atoms with van der Waals surface area (Å²) >= 11 is 1.73. The van der Waals surface area contributed by atoms with Crippen molar-refractivity contribution in [1.82, 2.24) is 14.9 Å². The quantitative estimate of drug-likeness (QED) is 0.536. The third kappa shape index (κ3) is 3.93. The fraction of sp³-hybridized carbons (Fsp3) is 0.182. The molecule has 1 N–H and O–H groups in total. The standard InChI is InChI=1S/C22H21N3OS/c1-16-13-19-21(27-16)14-20(22(26)24-15-18-7-10-23-11-8-18)25(19)12-9-17-5-3-2-4-6-17/h2-8,10-11,13-14H,9,12,15H2,1H3,(H,24,26). The van der Waals surface area contributed by atoms with Gasteiger partial charge in [-0.15, -0.1) is 11.3 Å². The molecule has 0 aliphatic carbocycles. The number of amides is 1. The Bertz CT molecular complexity index is 1050. The number of hydrogen-bond donors (Lipinski definition) is 1. The second kappa shape index (κ2) is 7.76. The van der Waals surface area contributed by atoms with Crippen molar-refractivity contribution in [1.29, 1.82) is 0 Å². The van der Waals surface area contributed by atoms with Crippen molar-refractivity contribution in [3.8, 4) is 0 Å². The summed E-state index contributed by atoms with van der Waals surface area (Å²) in [5, 5.41) is 3.04. The number of carbonyl (C=O) groups excluding carboxylic acids is 1. The molecule has 4 rings (SSSR count). The van der Waals surface area contributed by atoms with Gasteiger partial charge >= 0.3 is 0 Å². The Balaban J connectivity index is 1.57. The average molecular weight is 375 g/mol. The van der Waals surface area contributed by atoms with Gasteiger partial charge < -0.3 is 9.88 Å². The lowest BCUT2D eigenvalue weighted by molar-refractivity contribution is 0.0942. The zero-order valence-corrected chi connectivity index (χ0v) is 16.0. The molecule has 0 atom stereocenters. The highest BCUT2D eigenvalue weighted by Crippen LogP contribution is 2.29. The lowest BCUT2D eigenvalue weighted by atomic mass is 10.1. The highest BCUT2D eigenvalue weighted by Gasteiger charge is 2.17. The smallest absolute Gasteiger partial charge is 0.268 e. The molecule has 0 bridgehead atoms. The summed E-state index contributed by atoms with van der Waals surface area (Å²) in [6.45, 7) is 3.38. The molecule has 1 amide bonds. The maximum atomic E-state index is 12.9. The number of benzene rings is 1. The third-order valence-electron chi connectivity index (χ3n) is 4.61. The van der Waals surface area contributed by atoms with Crippen molar-refractivity contribution in [3.63, 3.8) is 0 Å². The molecule has 1 aromatic carbocycles. The molecule has 3 aromatic heterocycles. The van der Waals surface area contributed by atoms with E-state index in [0.717, 1.165) is 34.4 Å². The zero-order valence-electron chi connectivity index (χ0n) is 15.2. The molecule has 136 valence electrons. The van der Waals surface area contributed by atoms with Crippen LogP contribution in [0.1, 0.15) is 26.5 Å². The topological polar surface area (TPSA) is 46.9 Å². The van der Waals surface area contributed by atoms with E-state index >= 15 is 0 Å². The number of nitrogens with zero attached hydrogens (tertiary/aromatic N) is 2. The minimum atomic E-state index is -0.0408. The van der Waals surface area contributed by atoms with E-state index in [9.17, 15) is 4.79 Å². The van der Waals surface area contributed by atoms with Crippen LogP contribution in [0.3, 0.4) is 0 Å². The van der Waals surface area contributed by atoms with Gasteiger partial charge in [-0.05, 0) is 48.7 Å². The van der Waals surface area contributed by atoms with Gasteiger partial charge in [0.2, 0.25) is 0 Å². The Morgan fingerprint density at radius 3 is 2.63 bits per heavy atom. The Labute approximate surface area is 162 Å². The number of carbonyl (C=O) groups is 1. The molecule has 0 unspecified atom stereocenters. The number of fused-ring (bicyclic) bond motifs is 1. The van der Waals surface area contributed by atoms with E-state index in [2.05, 4.69) is 52.1 Å². The molecule has 0 aliphatic heterocycles. The van der Waals surface area contributed by atoms with Crippen LogP contribution in [0, 0.1) is 6.92 Å². The Kier molecular flexibility index (Phi) is 5.03. The van der Waals surface area contributed by atoms with Crippen LogP contribution in [0.15, 0.2) is 67.0 Å². The van der Waals surface area contributed by atoms with Gasteiger partial charge in [-0.1, -0.05) is 30.3 Å². The molecule has 5 heteroatoms. The number of nitrogens with one attached hydrogen (secondary N) is 1. The van der Waals surface area contributed by atoms with Crippen LogP contribution in [0.2, 0.25) is 0 Å². The summed E-state index contributed by atoms with van der Waals surface area (Å²) in [6.07, 6.45) is 4.37. The monoisotopic (exact) mass is 375 g/mol. The molecule has 0 saturated heterocycles. The number of aryl methyl sites for hydroxylation is 3. The second-order valence-electron chi connectivity index (χ2n) is 6.56. The minimum absolute atomic E-state index is 0.0408. The minimum Gasteiger partial charge on any atom is -0.347 e. The van der Waals surface area contributed by atoms with Gasteiger partial charge in [0.1, 0.15) is 5.69 Å². The fourth-order valence-electron chi connectivity index (χ4n) is 3.25. The lowest BCUT2D eigenvalue weighted by Gasteiger charge is -2.11. The van der Waals surface area contributed by atoms with Crippen LogP contribution < -0.4 is 5.32 Å². The molecule has 3 heterocycles. The predicted molar refractivity (Wildman–Crippen MR) is 110 cm³/mol. The van der Waals surface area contributed by atoms with Crippen LogP contribution in [0.4, 0.5) is 0 Å². The van der Waals surface area contributed by atoms with E-state index in [0.29, 0.717) is 6.54 Å². The molecule has 27 heavy (non-hydrogen) atoms. The summed E-state index contributed by atoms with van der Waals surface area (Å²) < 4.78 is 3.31. The molecule has 4 aromatic rings. The van der Waals surface area contributed by atoms with Gasteiger partial charge in [-0.2, -0.15) is 0 Å². The largest absolute Gasteiger partial charge is 0.347 e. The van der Waals surface area contributed by atoms with Gasteiger partial charge in [0.05, 0.1) is 10.2 Å². The first-order valence-corrected chi connectivity index (χ1v) is 9.83. The normalized spacial score (nSPS) is 11.0. The van der Waals surface area contributed by atoms with Crippen LogP contribution >= 0.6 is 11.3 Å². The summed E-state index contributed by atoms with van der Waals surface area (Å²) in [5.41, 5.74) is 4.18. The summed E-state index contributed by atoms with van der Waals surface area (Å²) in [7, 11) is 0. The molecule has 0 aliphatic rings. The summed E-state index contributed by atoms with van der Waals surface area (Å²) in [5.74, 6) is -0.0408. The molecule has 0 fully saturated rings. The molecular weight excluding hydrogens is 354 g/mol. The van der Waals surface area contributed by atoms with E-state index < -0.39 is 0 Å². The third-order valence-corrected chi connectivity index (χ3v) is 5.60. The maximum absolute atomic E-state index is 12.9. The first kappa shape index (κ1) is 17.5. The van der Waals surface area contributed by atoms with Gasteiger partial charge in [-0.25, -0.2) is 0 Å². The van der Waals surface area contributed by atoms with E-state index in [1.807, 2.05) is 24.3 Å². The number of hydrogen-bond acceptors (Lipinski definition) is 3. The van der Waals surface area contributed by atoms with Gasteiger partial charge in [0.25, 0.3) is 5.91 Å². The van der Waals surface area contributed by atoms with Crippen molar-refractivity contribution >= 4 is 27.5 Å². The molecular formula is C22H21N3OS.